The second kappa shape index (κ2) is 7.99. The van der Waals surface area contributed by atoms with Crippen LogP contribution in [0.5, 0.6) is 0 Å². The van der Waals surface area contributed by atoms with Crippen LogP contribution in [-0.2, 0) is 9.47 Å². The van der Waals surface area contributed by atoms with E-state index in [-0.39, 0.29) is 18.2 Å². The predicted molar refractivity (Wildman–Crippen MR) is 84.5 cm³/mol. The van der Waals surface area contributed by atoms with Crippen molar-refractivity contribution in [2.24, 2.45) is 0 Å². The van der Waals surface area contributed by atoms with Crippen LogP contribution in [0.2, 0.25) is 0 Å². The largest absolute Gasteiger partial charge is 0.444 e. The highest BCUT2D eigenvalue weighted by molar-refractivity contribution is 5.68. The van der Waals surface area contributed by atoms with Gasteiger partial charge in [0.05, 0.1) is 6.10 Å². The molecule has 0 bridgehead atoms. The van der Waals surface area contributed by atoms with Crippen molar-refractivity contribution >= 4 is 6.09 Å². The van der Waals surface area contributed by atoms with Gasteiger partial charge in [0, 0.05) is 25.7 Å². The molecule has 0 aliphatic carbocycles. The second-order valence-corrected chi connectivity index (χ2v) is 6.94. The Morgan fingerprint density at radius 1 is 1.38 bits per heavy atom. The number of carbonyl (C=O) groups is 1. The number of ether oxygens (including phenoxy) is 2. The number of nitrogens with one attached hydrogen (secondary N) is 1. The normalized spacial score (nSPS) is 22.2. The monoisotopic (exact) mass is 300 g/mol. The third kappa shape index (κ3) is 6.22. The van der Waals surface area contributed by atoms with Crippen LogP contribution in [0.4, 0.5) is 4.79 Å². The first-order valence-corrected chi connectivity index (χ1v) is 8.00. The number of methoxy groups -OCH3 is 1. The standard InChI is InChI=1S/C16H32N2O3/c1-12(13(2)20-6)17-10-9-14-8-7-11-18(14)15(19)21-16(3,4)5/h12-14,17H,7-11H2,1-6H3. The van der Waals surface area contributed by atoms with Crippen molar-refractivity contribution in [3.8, 4) is 0 Å². The fourth-order valence-electron chi connectivity index (χ4n) is 2.54. The van der Waals surface area contributed by atoms with Gasteiger partial charge in [-0.15, -0.1) is 0 Å². The molecular weight excluding hydrogens is 268 g/mol. The van der Waals surface area contributed by atoms with Gasteiger partial charge in [-0.25, -0.2) is 4.79 Å². The lowest BCUT2D eigenvalue weighted by Crippen LogP contribution is -2.42. The van der Waals surface area contributed by atoms with Crippen LogP contribution in [0.25, 0.3) is 0 Å². The van der Waals surface area contributed by atoms with Crippen molar-refractivity contribution in [2.75, 3.05) is 20.2 Å². The number of hydrogen-bond acceptors (Lipinski definition) is 4. The van der Waals surface area contributed by atoms with E-state index in [1.807, 2.05) is 25.7 Å². The van der Waals surface area contributed by atoms with E-state index >= 15 is 0 Å². The van der Waals surface area contributed by atoms with E-state index in [1.165, 1.54) is 0 Å². The molecule has 0 aromatic rings. The van der Waals surface area contributed by atoms with E-state index in [9.17, 15) is 4.79 Å². The van der Waals surface area contributed by atoms with Crippen molar-refractivity contribution in [2.45, 2.75) is 77.7 Å². The maximum absolute atomic E-state index is 12.2. The highest BCUT2D eigenvalue weighted by atomic mass is 16.6. The van der Waals surface area contributed by atoms with Gasteiger partial charge in [-0.1, -0.05) is 0 Å². The zero-order valence-corrected chi connectivity index (χ0v) is 14.4. The lowest BCUT2D eigenvalue weighted by Gasteiger charge is -2.29. The highest BCUT2D eigenvalue weighted by Crippen LogP contribution is 2.22. The summed E-state index contributed by atoms with van der Waals surface area (Å²) in [7, 11) is 1.73. The van der Waals surface area contributed by atoms with Gasteiger partial charge in [0.25, 0.3) is 0 Å². The van der Waals surface area contributed by atoms with Crippen LogP contribution in [0.3, 0.4) is 0 Å². The Morgan fingerprint density at radius 3 is 2.62 bits per heavy atom. The SMILES string of the molecule is COC(C)C(C)NCCC1CCCN1C(=O)OC(C)(C)C. The molecule has 21 heavy (non-hydrogen) atoms. The van der Waals surface area contributed by atoms with Gasteiger partial charge in [-0.2, -0.15) is 0 Å². The summed E-state index contributed by atoms with van der Waals surface area (Å²) in [6, 6.07) is 0.601. The lowest BCUT2D eigenvalue weighted by atomic mass is 10.1. The minimum Gasteiger partial charge on any atom is -0.444 e. The van der Waals surface area contributed by atoms with Crippen LogP contribution < -0.4 is 5.32 Å². The molecule has 1 saturated heterocycles. The summed E-state index contributed by atoms with van der Waals surface area (Å²) in [6.45, 7) is 11.6. The van der Waals surface area contributed by atoms with Crippen molar-refractivity contribution in [3.63, 3.8) is 0 Å². The Hall–Kier alpha value is -0.810. The molecule has 1 N–H and O–H groups in total. The molecule has 124 valence electrons. The van der Waals surface area contributed by atoms with Gasteiger partial charge in [0.2, 0.25) is 0 Å². The Bertz CT molecular complexity index is 328. The number of likely N-dealkylation sites (tertiary alicyclic amines) is 1. The number of carbonyl (C=O) groups excluding carboxylic acids is 1. The Morgan fingerprint density at radius 2 is 2.05 bits per heavy atom. The molecule has 1 rings (SSSR count). The van der Waals surface area contributed by atoms with Crippen molar-refractivity contribution < 1.29 is 14.3 Å². The quantitative estimate of drug-likeness (QED) is 0.819. The average Bonchev–Trinajstić information content (AvgIpc) is 2.84. The summed E-state index contributed by atoms with van der Waals surface area (Å²) < 4.78 is 10.8. The van der Waals surface area contributed by atoms with Gasteiger partial charge in [0.15, 0.2) is 0 Å². The minimum absolute atomic E-state index is 0.177. The fourth-order valence-corrected chi connectivity index (χ4v) is 2.54. The van der Waals surface area contributed by atoms with Gasteiger partial charge in [-0.3, -0.25) is 0 Å². The summed E-state index contributed by atoms with van der Waals surface area (Å²) in [5.74, 6) is 0. The van der Waals surface area contributed by atoms with Crippen LogP contribution in [-0.4, -0.2) is 55.0 Å². The van der Waals surface area contributed by atoms with Crippen LogP contribution in [0.15, 0.2) is 0 Å². The Balaban J connectivity index is 2.38. The number of nitrogens with zero attached hydrogens (tertiary/aromatic N) is 1. The second-order valence-electron chi connectivity index (χ2n) is 6.94. The van der Waals surface area contributed by atoms with E-state index in [1.54, 1.807) is 7.11 Å². The third-order valence-corrected chi connectivity index (χ3v) is 4.02. The first-order chi connectivity index (χ1) is 9.74. The Labute approximate surface area is 129 Å². The lowest BCUT2D eigenvalue weighted by molar-refractivity contribution is 0.0218. The van der Waals surface area contributed by atoms with Crippen molar-refractivity contribution in [1.29, 1.82) is 0 Å². The molecule has 1 heterocycles. The van der Waals surface area contributed by atoms with Crippen LogP contribution in [0, 0.1) is 0 Å². The first kappa shape index (κ1) is 18.2. The van der Waals surface area contributed by atoms with Gasteiger partial charge >= 0.3 is 6.09 Å². The van der Waals surface area contributed by atoms with E-state index < -0.39 is 5.60 Å². The number of rotatable bonds is 6. The van der Waals surface area contributed by atoms with E-state index in [0.29, 0.717) is 6.04 Å². The number of amides is 1. The minimum atomic E-state index is -0.426. The predicted octanol–water partition coefficient (Wildman–Crippen LogP) is 2.79. The fraction of sp³-hybridized carbons (Fsp3) is 0.938. The molecule has 1 aliphatic rings. The summed E-state index contributed by atoms with van der Waals surface area (Å²) >= 11 is 0. The molecule has 1 aliphatic heterocycles. The molecule has 3 unspecified atom stereocenters. The van der Waals surface area contributed by atoms with E-state index in [0.717, 1.165) is 32.4 Å². The summed E-state index contributed by atoms with van der Waals surface area (Å²) in [6.07, 6.45) is 3.10. The zero-order valence-electron chi connectivity index (χ0n) is 14.4. The molecule has 5 nitrogen and oxygen atoms in total. The average molecular weight is 300 g/mol. The maximum Gasteiger partial charge on any atom is 0.410 e. The summed E-state index contributed by atoms with van der Waals surface area (Å²) in [5.41, 5.74) is -0.426. The molecular formula is C16H32N2O3. The van der Waals surface area contributed by atoms with Crippen LogP contribution in [0.1, 0.15) is 53.9 Å². The summed E-state index contributed by atoms with van der Waals surface area (Å²) in [4.78, 5) is 14.1. The van der Waals surface area contributed by atoms with Crippen LogP contribution >= 0.6 is 0 Å². The van der Waals surface area contributed by atoms with Gasteiger partial charge in [-0.05, 0) is 60.4 Å². The highest BCUT2D eigenvalue weighted by Gasteiger charge is 2.31. The van der Waals surface area contributed by atoms with E-state index in [4.69, 9.17) is 9.47 Å². The number of hydrogen-bond donors (Lipinski definition) is 1. The maximum atomic E-state index is 12.2. The zero-order chi connectivity index (χ0) is 16.0. The molecule has 0 aromatic heterocycles. The molecule has 3 atom stereocenters. The third-order valence-electron chi connectivity index (χ3n) is 4.02. The molecule has 1 amide bonds. The topological polar surface area (TPSA) is 50.8 Å². The van der Waals surface area contributed by atoms with Crippen molar-refractivity contribution in [3.05, 3.63) is 0 Å². The smallest absolute Gasteiger partial charge is 0.410 e. The molecule has 0 spiro atoms. The van der Waals surface area contributed by atoms with Gasteiger partial charge < -0.3 is 19.7 Å². The molecule has 5 heteroatoms. The first-order valence-electron chi connectivity index (χ1n) is 8.00. The Kier molecular flexibility index (Phi) is 6.94. The molecule has 1 fully saturated rings. The summed E-state index contributed by atoms with van der Waals surface area (Å²) in [5, 5.41) is 3.46. The van der Waals surface area contributed by atoms with E-state index in [2.05, 4.69) is 19.2 Å². The molecule has 0 radical (unpaired) electrons. The van der Waals surface area contributed by atoms with Gasteiger partial charge in [0.1, 0.15) is 5.60 Å². The van der Waals surface area contributed by atoms with Crippen molar-refractivity contribution in [1.82, 2.24) is 10.2 Å². The molecule has 0 saturated carbocycles. The molecule has 0 aromatic carbocycles.